The summed E-state index contributed by atoms with van der Waals surface area (Å²) in [4.78, 5) is 0. The van der Waals surface area contributed by atoms with Crippen LogP contribution in [0.5, 0.6) is 0 Å². The molecule has 1 aromatic rings. The van der Waals surface area contributed by atoms with E-state index in [0.29, 0.717) is 10.4 Å². The average Bonchev–Trinajstić information content (AvgIpc) is 2.40. The first-order valence-electron chi connectivity index (χ1n) is 7.15. The molecule has 3 atom stereocenters. The molecule has 6 heteroatoms. The summed E-state index contributed by atoms with van der Waals surface area (Å²) in [5, 5.41) is 0. The maximum Gasteiger partial charge on any atom is 0.416 e. The molecule has 1 aliphatic carbocycles. The monoisotopic (exact) mass is 364 g/mol. The van der Waals surface area contributed by atoms with Crippen molar-refractivity contribution < 1.29 is 13.2 Å². The molecular weight excluding hydrogens is 345 g/mol. The van der Waals surface area contributed by atoms with Crippen LogP contribution in [0.25, 0.3) is 0 Å². The molecule has 2 nitrogen and oxygen atoms in total. The predicted molar refractivity (Wildman–Crippen MR) is 80.3 cm³/mol. The van der Waals surface area contributed by atoms with Gasteiger partial charge in [0.05, 0.1) is 5.56 Å². The summed E-state index contributed by atoms with van der Waals surface area (Å²) >= 11 is 3.11. The predicted octanol–water partition coefficient (Wildman–Crippen LogP) is 4.80. The van der Waals surface area contributed by atoms with Crippen molar-refractivity contribution in [3.63, 3.8) is 0 Å². The summed E-state index contributed by atoms with van der Waals surface area (Å²) in [5.41, 5.74) is 2.26. The van der Waals surface area contributed by atoms with Crippen LogP contribution in [-0.4, -0.2) is 0 Å². The van der Waals surface area contributed by atoms with Crippen LogP contribution in [0.15, 0.2) is 22.7 Å². The first-order chi connectivity index (χ1) is 9.82. The second kappa shape index (κ2) is 6.67. The summed E-state index contributed by atoms with van der Waals surface area (Å²) in [5.74, 6) is 6.27. The van der Waals surface area contributed by atoms with Gasteiger partial charge in [0, 0.05) is 10.5 Å². The molecule has 1 aliphatic rings. The smallest absolute Gasteiger partial charge is 0.271 e. The number of hydrazine groups is 1. The van der Waals surface area contributed by atoms with Crippen molar-refractivity contribution in [2.75, 3.05) is 0 Å². The van der Waals surface area contributed by atoms with E-state index in [1.165, 1.54) is 6.07 Å². The molecular formula is C15H20BrF3N2. The van der Waals surface area contributed by atoms with Crippen molar-refractivity contribution in [3.05, 3.63) is 33.8 Å². The Kier molecular flexibility index (Phi) is 5.33. The van der Waals surface area contributed by atoms with Crippen LogP contribution in [-0.2, 0) is 6.18 Å². The molecule has 1 fully saturated rings. The summed E-state index contributed by atoms with van der Waals surface area (Å²) in [6.45, 7) is 2.14. The van der Waals surface area contributed by atoms with Gasteiger partial charge in [-0.2, -0.15) is 13.2 Å². The van der Waals surface area contributed by atoms with E-state index in [-0.39, 0.29) is 11.5 Å². The van der Waals surface area contributed by atoms with Gasteiger partial charge in [0.25, 0.3) is 0 Å². The number of benzene rings is 1. The molecule has 0 amide bonds. The first kappa shape index (κ1) is 16.8. The number of nitrogens with two attached hydrogens (primary N) is 1. The van der Waals surface area contributed by atoms with Gasteiger partial charge < -0.3 is 0 Å². The van der Waals surface area contributed by atoms with E-state index in [9.17, 15) is 13.2 Å². The Balaban J connectivity index is 2.38. The lowest BCUT2D eigenvalue weighted by Crippen LogP contribution is -2.36. The Bertz CT molecular complexity index is 490. The Morgan fingerprint density at radius 3 is 2.62 bits per heavy atom. The largest absolute Gasteiger partial charge is 0.416 e. The van der Waals surface area contributed by atoms with Gasteiger partial charge in [-0.05, 0) is 42.4 Å². The third-order valence-electron chi connectivity index (χ3n) is 4.28. The van der Waals surface area contributed by atoms with Crippen LogP contribution in [0.1, 0.15) is 49.8 Å². The normalized spacial score (nSPS) is 24.9. The molecule has 1 aromatic carbocycles. The number of nitrogens with one attached hydrogen (secondary N) is 1. The fourth-order valence-electron chi connectivity index (χ4n) is 3.31. The minimum absolute atomic E-state index is 0.140. The van der Waals surface area contributed by atoms with Crippen molar-refractivity contribution in [3.8, 4) is 0 Å². The second-order valence-electron chi connectivity index (χ2n) is 5.91. The quantitative estimate of drug-likeness (QED) is 0.597. The van der Waals surface area contributed by atoms with Gasteiger partial charge in [0.2, 0.25) is 0 Å². The molecule has 0 aromatic heterocycles. The summed E-state index contributed by atoms with van der Waals surface area (Å²) in [6.07, 6.45) is -0.383. The zero-order chi connectivity index (χ0) is 15.6. The average molecular weight is 365 g/mol. The standard InChI is InChI=1S/C15H20BrF3N2/c1-9-3-2-4-10(7-9)14(21-20)12-6-5-11(16)8-13(12)15(17,18)19/h5-6,8-10,14,21H,2-4,7,20H2,1H3. The third-order valence-corrected chi connectivity index (χ3v) is 4.78. The number of hydrogen-bond donors (Lipinski definition) is 2. The molecule has 0 bridgehead atoms. The van der Waals surface area contributed by atoms with E-state index < -0.39 is 17.8 Å². The maximum atomic E-state index is 13.3. The van der Waals surface area contributed by atoms with Crippen LogP contribution in [0.2, 0.25) is 0 Å². The molecule has 1 saturated carbocycles. The molecule has 0 aliphatic heterocycles. The molecule has 3 unspecified atom stereocenters. The molecule has 0 radical (unpaired) electrons. The van der Waals surface area contributed by atoms with Gasteiger partial charge in [0.1, 0.15) is 0 Å². The van der Waals surface area contributed by atoms with Gasteiger partial charge in [-0.3, -0.25) is 11.3 Å². The van der Waals surface area contributed by atoms with E-state index in [4.69, 9.17) is 5.84 Å². The van der Waals surface area contributed by atoms with Crippen LogP contribution < -0.4 is 11.3 Å². The number of halogens is 4. The zero-order valence-corrected chi connectivity index (χ0v) is 13.5. The Morgan fingerprint density at radius 1 is 1.33 bits per heavy atom. The molecule has 0 heterocycles. The summed E-state index contributed by atoms with van der Waals surface area (Å²) in [7, 11) is 0. The second-order valence-corrected chi connectivity index (χ2v) is 6.82. The van der Waals surface area contributed by atoms with Gasteiger partial charge >= 0.3 is 6.18 Å². The Morgan fingerprint density at radius 2 is 2.05 bits per heavy atom. The lowest BCUT2D eigenvalue weighted by atomic mass is 9.76. The van der Waals surface area contributed by atoms with Gasteiger partial charge in [-0.1, -0.05) is 41.8 Å². The van der Waals surface area contributed by atoms with Crippen molar-refractivity contribution >= 4 is 15.9 Å². The number of hydrogen-bond acceptors (Lipinski definition) is 2. The lowest BCUT2D eigenvalue weighted by molar-refractivity contribution is -0.138. The topological polar surface area (TPSA) is 38.0 Å². The first-order valence-corrected chi connectivity index (χ1v) is 7.95. The van der Waals surface area contributed by atoms with Crippen LogP contribution in [0.3, 0.4) is 0 Å². The molecule has 118 valence electrons. The van der Waals surface area contributed by atoms with Crippen LogP contribution >= 0.6 is 15.9 Å². The van der Waals surface area contributed by atoms with Gasteiger partial charge in [-0.15, -0.1) is 0 Å². The van der Waals surface area contributed by atoms with Gasteiger partial charge in [0.15, 0.2) is 0 Å². The highest BCUT2D eigenvalue weighted by atomic mass is 79.9. The highest BCUT2D eigenvalue weighted by molar-refractivity contribution is 9.10. The Hall–Kier alpha value is -0.590. The molecule has 21 heavy (non-hydrogen) atoms. The summed E-state index contributed by atoms with van der Waals surface area (Å²) in [6, 6.07) is 3.83. The minimum Gasteiger partial charge on any atom is -0.271 e. The number of rotatable bonds is 3. The van der Waals surface area contributed by atoms with Crippen molar-refractivity contribution in [2.24, 2.45) is 17.7 Å². The van der Waals surface area contributed by atoms with Gasteiger partial charge in [-0.25, -0.2) is 0 Å². The fourth-order valence-corrected chi connectivity index (χ4v) is 3.67. The van der Waals surface area contributed by atoms with Crippen molar-refractivity contribution in [1.82, 2.24) is 5.43 Å². The fraction of sp³-hybridized carbons (Fsp3) is 0.600. The summed E-state index contributed by atoms with van der Waals surface area (Å²) < 4.78 is 40.3. The van der Waals surface area contributed by atoms with Crippen molar-refractivity contribution in [2.45, 2.75) is 44.8 Å². The number of alkyl halides is 3. The highest BCUT2D eigenvalue weighted by Gasteiger charge is 2.37. The van der Waals surface area contributed by atoms with Crippen molar-refractivity contribution in [1.29, 1.82) is 0 Å². The van der Waals surface area contributed by atoms with Crippen LogP contribution in [0.4, 0.5) is 13.2 Å². The maximum absolute atomic E-state index is 13.3. The Labute approximate surface area is 131 Å². The molecule has 2 rings (SSSR count). The molecule has 0 saturated heterocycles. The van der Waals surface area contributed by atoms with Crippen LogP contribution in [0, 0.1) is 11.8 Å². The SMILES string of the molecule is CC1CCCC(C(NN)c2ccc(Br)cc2C(F)(F)F)C1. The lowest BCUT2D eigenvalue weighted by Gasteiger charge is -2.34. The molecule has 0 spiro atoms. The van der Waals surface area contributed by atoms with E-state index in [0.717, 1.165) is 31.7 Å². The zero-order valence-electron chi connectivity index (χ0n) is 11.9. The van der Waals surface area contributed by atoms with E-state index in [1.54, 1.807) is 6.07 Å². The van der Waals surface area contributed by atoms with E-state index in [2.05, 4.69) is 28.3 Å². The highest BCUT2D eigenvalue weighted by Crippen LogP contribution is 2.42. The van der Waals surface area contributed by atoms with E-state index in [1.807, 2.05) is 0 Å². The van der Waals surface area contributed by atoms with E-state index >= 15 is 0 Å². The third kappa shape index (κ3) is 3.99. The minimum atomic E-state index is -4.38. The molecule has 3 N–H and O–H groups in total.